The van der Waals surface area contributed by atoms with Crippen LogP contribution in [-0.4, -0.2) is 77.1 Å². The largest absolute Gasteiger partial charge is 0.469 e. The first-order valence-electron chi connectivity index (χ1n) is 15.4. The van der Waals surface area contributed by atoms with E-state index in [2.05, 4.69) is 27.7 Å². The highest BCUT2D eigenvalue weighted by Crippen LogP contribution is 2.34. The van der Waals surface area contributed by atoms with Gasteiger partial charge in [-0.2, -0.15) is 0 Å². The van der Waals surface area contributed by atoms with Crippen molar-refractivity contribution in [3.05, 3.63) is 71.8 Å². The smallest absolute Gasteiger partial charge is 0.408 e. The number of nitrogens with zero attached hydrogens (tertiary/aromatic N) is 2. The van der Waals surface area contributed by atoms with Crippen LogP contribution in [-0.2, 0) is 36.9 Å². The van der Waals surface area contributed by atoms with Crippen molar-refractivity contribution in [3.8, 4) is 0 Å². The van der Waals surface area contributed by atoms with Crippen LogP contribution in [0.1, 0.15) is 71.4 Å². The van der Waals surface area contributed by atoms with E-state index in [9.17, 15) is 19.2 Å². The van der Waals surface area contributed by atoms with Crippen molar-refractivity contribution < 1.29 is 28.7 Å². The van der Waals surface area contributed by atoms with Crippen molar-refractivity contribution in [3.63, 3.8) is 0 Å². The van der Waals surface area contributed by atoms with E-state index in [-0.39, 0.29) is 11.9 Å². The van der Waals surface area contributed by atoms with Gasteiger partial charge in [-0.15, -0.1) is 0 Å². The summed E-state index contributed by atoms with van der Waals surface area (Å²) >= 11 is 0. The number of rotatable bonds is 12. The number of methoxy groups -OCH3 is 1. The Kier molecular flexibility index (Phi) is 12.3. The van der Waals surface area contributed by atoms with Crippen LogP contribution >= 0.6 is 0 Å². The molecule has 2 N–H and O–H groups in total. The second-order valence-corrected chi connectivity index (χ2v) is 12.4. The zero-order valence-electron chi connectivity index (χ0n) is 26.9. The van der Waals surface area contributed by atoms with Crippen molar-refractivity contribution in [2.45, 2.75) is 96.6 Å². The fourth-order valence-electron chi connectivity index (χ4n) is 5.54. The van der Waals surface area contributed by atoms with E-state index in [0.29, 0.717) is 38.9 Å². The molecule has 0 saturated carbocycles. The van der Waals surface area contributed by atoms with Crippen molar-refractivity contribution in [1.29, 1.82) is 0 Å². The van der Waals surface area contributed by atoms with Gasteiger partial charge in [-0.05, 0) is 58.1 Å². The molecule has 0 bridgehead atoms. The molecule has 1 unspecified atom stereocenters. The number of nitrogens with one attached hydrogen (secondary N) is 2. The van der Waals surface area contributed by atoms with Crippen LogP contribution in [0.15, 0.2) is 60.7 Å². The number of ether oxygens (including phenoxy) is 2. The first-order chi connectivity index (χ1) is 20.9. The molecule has 1 aliphatic rings. The van der Waals surface area contributed by atoms with Gasteiger partial charge in [0.1, 0.15) is 17.2 Å². The number of likely N-dealkylation sites (tertiary alicyclic amines) is 1. The maximum atomic E-state index is 14.5. The number of hydrogen-bond acceptors (Lipinski definition) is 7. The monoisotopic (exact) mass is 608 g/mol. The van der Waals surface area contributed by atoms with E-state index in [4.69, 9.17) is 9.47 Å². The second-order valence-electron chi connectivity index (χ2n) is 12.4. The molecule has 3 rings (SSSR count). The molecule has 2 atom stereocenters. The van der Waals surface area contributed by atoms with Gasteiger partial charge in [0.2, 0.25) is 11.8 Å². The number of carbonyl (C=O) groups is 4. The Morgan fingerprint density at radius 1 is 0.955 bits per heavy atom. The van der Waals surface area contributed by atoms with Gasteiger partial charge in [-0.1, -0.05) is 67.6 Å². The van der Waals surface area contributed by atoms with E-state index in [1.54, 1.807) is 25.7 Å². The van der Waals surface area contributed by atoms with E-state index in [1.165, 1.54) is 12.7 Å². The molecule has 10 nitrogen and oxygen atoms in total. The number of carbonyl (C=O) groups excluding carboxylic acids is 4. The third kappa shape index (κ3) is 9.54. The number of piperidine rings is 1. The minimum Gasteiger partial charge on any atom is -0.469 e. The fraction of sp³-hybridized carbons (Fsp3) is 0.529. The molecule has 3 amide bonds. The Morgan fingerprint density at radius 3 is 2.05 bits per heavy atom. The van der Waals surface area contributed by atoms with Crippen molar-refractivity contribution in [1.82, 2.24) is 20.4 Å². The molecule has 0 radical (unpaired) electrons. The molecule has 240 valence electrons. The van der Waals surface area contributed by atoms with Crippen LogP contribution < -0.4 is 10.6 Å². The quantitative estimate of drug-likeness (QED) is 0.343. The lowest BCUT2D eigenvalue weighted by molar-refractivity contribution is -0.158. The molecule has 10 heteroatoms. The van der Waals surface area contributed by atoms with Crippen LogP contribution in [0.25, 0.3) is 0 Å². The molecule has 0 aliphatic carbocycles. The average molecular weight is 609 g/mol. The first kappa shape index (κ1) is 34.6. The summed E-state index contributed by atoms with van der Waals surface area (Å²) in [6.45, 7) is 11.2. The number of esters is 1. The molecule has 0 aromatic heterocycles. The molecule has 1 saturated heterocycles. The summed E-state index contributed by atoms with van der Waals surface area (Å²) in [5.74, 6) is -1.45. The summed E-state index contributed by atoms with van der Waals surface area (Å²) < 4.78 is 10.3. The Morgan fingerprint density at radius 2 is 1.52 bits per heavy atom. The maximum Gasteiger partial charge on any atom is 0.408 e. The highest BCUT2D eigenvalue weighted by molar-refractivity contribution is 5.96. The predicted octanol–water partition coefficient (Wildman–Crippen LogP) is 4.42. The Bertz CT molecular complexity index is 1240. The third-order valence-electron chi connectivity index (χ3n) is 7.97. The number of benzene rings is 2. The number of amides is 3. The molecule has 2 aromatic carbocycles. The van der Waals surface area contributed by atoms with Crippen LogP contribution in [0.2, 0.25) is 0 Å². The topological polar surface area (TPSA) is 117 Å². The zero-order valence-corrected chi connectivity index (χ0v) is 26.9. The van der Waals surface area contributed by atoms with Gasteiger partial charge in [0.05, 0.1) is 13.5 Å². The van der Waals surface area contributed by atoms with Crippen LogP contribution in [0.3, 0.4) is 0 Å². The van der Waals surface area contributed by atoms with Crippen LogP contribution in [0, 0.1) is 0 Å². The fourth-order valence-corrected chi connectivity index (χ4v) is 5.54. The first-order valence-corrected chi connectivity index (χ1v) is 15.4. The van der Waals surface area contributed by atoms with Crippen LogP contribution in [0.5, 0.6) is 0 Å². The lowest BCUT2D eigenvalue weighted by atomic mass is 9.82. The summed E-state index contributed by atoms with van der Waals surface area (Å²) in [7, 11) is 1.23. The summed E-state index contributed by atoms with van der Waals surface area (Å²) in [5.41, 5.74) is 0.0826. The lowest BCUT2D eigenvalue weighted by Crippen LogP contribution is -2.69. The summed E-state index contributed by atoms with van der Waals surface area (Å²) in [6, 6.07) is 18.1. The van der Waals surface area contributed by atoms with Gasteiger partial charge in [0.15, 0.2) is 0 Å². The lowest BCUT2D eigenvalue weighted by Gasteiger charge is -2.50. The molecule has 0 spiro atoms. The van der Waals surface area contributed by atoms with Gasteiger partial charge in [-0.25, -0.2) is 4.79 Å². The third-order valence-corrected chi connectivity index (χ3v) is 7.97. The van der Waals surface area contributed by atoms with E-state index >= 15 is 0 Å². The Balaban J connectivity index is 1.97. The van der Waals surface area contributed by atoms with E-state index < -0.39 is 41.6 Å². The minimum absolute atomic E-state index is 0.261. The molecule has 1 fully saturated rings. The predicted molar refractivity (Wildman–Crippen MR) is 168 cm³/mol. The van der Waals surface area contributed by atoms with E-state index in [0.717, 1.165) is 12.1 Å². The van der Waals surface area contributed by atoms with Gasteiger partial charge < -0.3 is 25.0 Å². The van der Waals surface area contributed by atoms with Crippen molar-refractivity contribution >= 4 is 23.9 Å². The second kappa shape index (κ2) is 15.7. The van der Waals surface area contributed by atoms with Crippen molar-refractivity contribution in [2.24, 2.45) is 0 Å². The summed E-state index contributed by atoms with van der Waals surface area (Å²) in [6.07, 6.45) is 0.0968. The van der Waals surface area contributed by atoms with Gasteiger partial charge in [0, 0.05) is 32.2 Å². The minimum atomic E-state index is -1.28. The standard InChI is InChI=1S/C34H48N4O6/c1-7-25(2)38(30(40)28(22-29(39)43-6)36-32(42)44-33(3,4)5)34(31(41)35-23-26-14-10-8-11-15-26)18-20-37(21-19-34)24-27-16-12-9-13-17-27/h8-17,25,28H,7,18-24H2,1-6H3,(H,35,41)(H,36,42)/t25?,28-/m0/s1. The molecular formula is C34H48N4O6. The SMILES string of the molecule is CCC(C)N(C(=O)[C@H](CC(=O)OC)NC(=O)OC(C)(C)C)C1(C(=O)NCc2ccccc2)CCN(Cc2ccccc2)CC1. The maximum absolute atomic E-state index is 14.5. The van der Waals surface area contributed by atoms with E-state index in [1.807, 2.05) is 62.4 Å². The zero-order chi connectivity index (χ0) is 32.3. The molecule has 1 aliphatic heterocycles. The van der Waals surface area contributed by atoms with Gasteiger partial charge in [-0.3, -0.25) is 19.3 Å². The van der Waals surface area contributed by atoms with Gasteiger partial charge >= 0.3 is 12.1 Å². The molecule has 44 heavy (non-hydrogen) atoms. The highest BCUT2D eigenvalue weighted by Gasteiger charge is 2.51. The summed E-state index contributed by atoms with van der Waals surface area (Å²) in [4.78, 5) is 58.0. The Labute approximate surface area is 261 Å². The Hall–Kier alpha value is -3.92. The summed E-state index contributed by atoms with van der Waals surface area (Å²) in [5, 5.41) is 5.69. The van der Waals surface area contributed by atoms with Crippen LogP contribution in [0.4, 0.5) is 4.79 Å². The van der Waals surface area contributed by atoms with Crippen molar-refractivity contribution in [2.75, 3.05) is 20.2 Å². The highest BCUT2D eigenvalue weighted by atomic mass is 16.6. The molecular weight excluding hydrogens is 560 g/mol. The normalized spacial score (nSPS) is 16.2. The van der Waals surface area contributed by atoms with Gasteiger partial charge in [0.25, 0.3) is 0 Å². The molecule has 2 aromatic rings. The molecule has 1 heterocycles. The number of alkyl carbamates (subject to hydrolysis) is 1. The average Bonchev–Trinajstić information content (AvgIpc) is 3.00. The number of hydrogen-bond donors (Lipinski definition) is 2.